The van der Waals surface area contributed by atoms with E-state index in [4.69, 9.17) is 4.74 Å². The highest BCUT2D eigenvalue weighted by atomic mass is 16.5. The minimum atomic E-state index is -0.128. The van der Waals surface area contributed by atoms with Gasteiger partial charge in [0.25, 0.3) is 0 Å². The van der Waals surface area contributed by atoms with Gasteiger partial charge >= 0.3 is 5.97 Å². The summed E-state index contributed by atoms with van der Waals surface area (Å²) in [7, 11) is 0. The lowest BCUT2D eigenvalue weighted by Crippen LogP contribution is -2.53. The van der Waals surface area contributed by atoms with Gasteiger partial charge in [0.15, 0.2) is 0 Å². The fourth-order valence-corrected chi connectivity index (χ4v) is 7.30. The van der Waals surface area contributed by atoms with Gasteiger partial charge in [0.2, 0.25) is 0 Å². The van der Waals surface area contributed by atoms with Crippen LogP contribution in [0.1, 0.15) is 72.1 Å². The molecule has 0 amide bonds. The molecule has 3 nitrogen and oxygen atoms in total. The topological polar surface area (TPSA) is 50.1 Å². The Kier molecular flexibility index (Phi) is 4.02. The lowest BCUT2D eigenvalue weighted by Gasteiger charge is -2.60. The van der Waals surface area contributed by atoms with Gasteiger partial charge in [-0.3, -0.25) is 4.79 Å². The fraction of sp³-hybridized carbons (Fsp3) is 0.818. The quantitative estimate of drug-likeness (QED) is 0.629. The molecule has 0 heterocycles. The Balaban J connectivity index is 1.54. The number of esters is 1. The van der Waals surface area contributed by atoms with Crippen LogP contribution in [0, 0.1) is 45.8 Å². The van der Waals surface area contributed by atoms with E-state index in [1.807, 2.05) is 0 Å². The molecule has 0 spiro atoms. The number of ether oxygens (including phenoxy) is 1. The Morgan fingerprint density at radius 1 is 1.20 bits per heavy atom. The molecule has 3 saturated carbocycles. The molecule has 0 aliphatic heterocycles. The van der Waals surface area contributed by atoms with Crippen molar-refractivity contribution in [1.29, 1.82) is 5.26 Å². The zero-order valence-electron chi connectivity index (χ0n) is 15.9. The number of fused-ring (bicyclic) bond motifs is 5. The van der Waals surface area contributed by atoms with Crippen LogP contribution in [0.15, 0.2) is 11.6 Å². The molecule has 3 heteroatoms. The van der Waals surface area contributed by atoms with Crippen molar-refractivity contribution in [3.8, 4) is 6.07 Å². The highest BCUT2D eigenvalue weighted by Gasteiger charge is 2.58. The number of allylic oxidation sites excluding steroid dienone is 2. The van der Waals surface area contributed by atoms with Crippen molar-refractivity contribution >= 4 is 5.97 Å². The standard InChI is InChI=1S/C22H31NO2/c1-14(24)25-17-8-10-21(2)15(12-17)4-6-18-19-7-5-16(13-23)22(19,3)11-9-20(18)21/h5,15,17-20H,4,6-12H2,1-3H3/t15-,17-,18+,19+,20+,21-,22+/m0/s1. The fourth-order valence-electron chi connectivity index (χ4n) is 7.30. The summed E-state index contributed by atoms with van der Waals surface area (Å²) in [5.41, 5.74) is 1.59. The molecule has 0 aromatic carbocycles. The number of carbonyl (C=O) groups excluding carboxylic acids is 1. The third-order valence-electron chi connectivity index (χ3n) is 8.65. The van der Waals surface area contributed by atoms with Crippen LogP contribution in [-0.4, -0.2) is 12.1 Å². The van der Waals surface area contributed by atoms with E-state index in [2.05, 4.69) is 26.0 Å². The van der Waals surface area contributed by atoms with E-state index in [0.29, 0.717) is 17.3 Å². The van der Waals surface area contributed by atoms with Crippen LogP contribution in [0.3, 0.4) is 0 Å². The number of hydrogen-bond acceptors (Lipinski definition) is 3. The molecule has 4 aliphatic rings. The van der Waals surface area contributed by atoms with Crippen molar-refractivity contribution in [3.05, 3.63) is 11.6 Å². The lowest BCUT2D eigenvalue weighted by molar-refractivity contribution is -0.158. The average molecular weight is 341 g/mol. The van der Waals surface area contributed by atoms with Crippen molar-refractivity contribution in [2.45, 2.75) is 78.2 Å². The number of rotatable bonds is 1. The van der Waals surface area contributed by atoms with E-state index in [0.717, 1.165) is 36.7 Å². The molecule has 4 aliphatic carbocycles. The molecule has 0 unspecified atom stereocenters. The van der Waals surface area contributed by atoms with Crippen molar-refractivity contribution in [2.75, 3.05) is 0 Å². The number of nitrogens with zero attached hydrogens (tertiary/aromatic N) is 1. The summed E-state index contributed by atoms with van der Waals surface area (Å²) in [5.74, 6) is 2.80. The molecule has 4 rings (SSSR count). The van der Waals surface area contributed by atoms with E-state index in [9.17, 15) is 10.1 Å². The largest absolute Gasteiger partial charge is 0.463 e. The first-order chi connectivity index (χ1) is 11.9. The molecule has 0 aromatic rings. The molecule has 25 heavy (non-hydrogen) atoms. The van der Waals surface area contributed by atoms with E-state index in [1.54, 1.807) is 0 Å². The zero-order valence-corrected chi connectivity index (χ0v) is 15.9. The van der Waals surface area contributed by atoms with Crippen molar-refractivity contribution < 1.29 is 9.53 Å². The van der Waals surface area contributed by atoms with E-state index in [-0.39, 0.29) is 17.5 Å². The summed E-state index contributed by atoms with van der Waals surface area (Å²) in [6, 6.07) is 2.50. The molecule has 0 radical (unpaired) electrons. The average Bonchev–Trinajstić information content (AvgIpc) is 2.91. The summed E-state index contributed by atoms with van der Waals surface area (Å²) in [4.78, 5) is 11.3. The number of nitriles is 1. The van der Waals surface area contributed by atoms with Gasteiger partial charge in [-0.2, -0.15) is 5.26 Å². The Morgan fingerprint density at radius 3 is 2.72 bits per heavy atom. The van der Waals surface area contributed by atoms with E-state index in [1.165, 1.54) is 39.0 Å². The molecule has 0 bridgehead atoms. The van der Waals surface area contributed by atoms with Gasteiger partial charge in [-0.15, -0.1) is 0 Å². The van der Waals surface area contributed by atoms with Gasteiger partial charge in [0.05, 0.1) is 6.07 Å². The summed E-state index contributed by atoms with van der Waals surface area (Å²) < 4.78 is 5.55. The molecular weight excluding hydrogens is 310 g/mol. The molecule has 7 atom stereocenters. The smallest absolute Gasteiger partial charge is 0.302 e. The van der Waals surface area contributed by atoms with E-state index < -0.39 is 0 Å². The maximum atomic E-state index is 11.3. The third-order valence-corrected chi connectivity index (χ3v) is 8.65. The Morgan fingerprint density at radius 2 is 2.00 bits per heavy atom. The number of hydrogen-bond donors (Lipinski definition) is 0. The molecule has 136 valence electrons. The highest BCUT2D eigenvalue weighted by molar-refractivity contribution is 5.66. The Bertz CT molecular complexity index is 647. The van der Waals surface area contributed by atoms with Gasteiger partial charge in [0, 0.05) is 17.9 Å². The molecular formula is C22H31NO2. The van der Waals surface area contributed by atoms with Gasteiger partial charge in [-0.1, -0.05) is 19.9 Å². The van der Waals surface area contributed by atoms with Crippen molar-refractivity contribution in [1.82, 2.24) is 0 Å². The lowest BCUT2D eigenvalue weighted by atomic mass is 9.44. The second kappa shape index (κ2) is 5.86. The molecule has 0 N–H and O–H groups in total. The summed E-state index contributed by atoms with van der Waals surface area (Å²) >= 11 is 0. The maximum Gasteiger partial charge on any atom is 0.302 e. The van der Waals surface area contributed by atoms with Gasteiger partial charge < -0.3 is 4.74 Å². The van der Waals surface area contributed by atoms with Crippen LogP contribution in [0.4, 0.5) is 0 Å². The Hall–Kier alpha value is -1.30. The van der Waals surface area contributed by atoms with Crippen molar-refractivity contribution in [2.24, 2.45) is 34.5 Å². The van der Waals surface area contributed by atoms with Crippen LogP contribution in [0.2, 0.25) is 0 Å². The van der Waals surface area contributed by atoms with Crippen LogP contribution < -0.4 is 0 Å². The predicted octanol–water partition coefficient (Wildman–Crippen LogP) is 5.02. The summed E-state index contributed by atoms with van der Waals surface area (Å²) in [6.45, 7) is 6.41. The molecule has 3 fully saturated rings. The highest BCUT2D eigenvalue weighted by Crippen LogP contribution is 2.66. The molecule has 0 saturated heterocycles. The number of carbonyl (C=O) groups is 1. The van der Waals surface area contributed by atoms with Crippen LogP contribution in [0.5, 0.6) is 0 Å². The monoisotopic (exact) mass is 341 g/mol. The minimum absolute atomic E-state index is 0.128. The maximum absolute atomic E-state index is 11.3. The summed E-state index contributed by atoms with van der Waals surface area (Å²) in [6.07, 6.45) is 11.8. The molecule has 0 aromatic heterocycles. The summed E-state index contributed by atoms with van der Waals surface area (Å²) in [5, 5.41) is 9.55. The van der Waals surface area contributed by atoms with Crippen LogP contribution in [0.25, 0.3) is 0 Å². The Labute approximate surface area is 151 Å². The van der Waals surface area contributed by atoms with Crippen LogP contribution >= 0.6 is 0 Å². The first-order valence-electron chi connectivity index (χ1n) is 10.2. The minimum Gasteiger partial charge on any atom is -0.463 e. The SMILES string of the molecule is CC(=O)O[C@H]1CC[C@@]2(C)[C@@H](CC[C@H]3[C@H]2CC[C@]2(C)C(C#N)=CC[C@H]32)C1. The second-order valence-electron chi connectivity index (χ2n) is 9.58. The first kappa shape index (κ1) is 17.1. The second-order valence-corrected chi connectivity index (χ2v) is 9.58. The first-order valence-corrected chi connectivity index (χ1v) is 10.2. The van der Waals surface area contributed by atoms with Gasteiger partial charge in [-0.05, 0) is 80.5 Å². The zero-order chi connectivity index (χ0) is 17.8. The van der Waals surface area contributed by atoms with E-state index >= 15 is 0 Å². The van der Waals surface area contributed by atoms with Crippen molar-refractivity contribution in [3.63, 3.8) is 0 Å². The van der Waals surface area contributed by atoms with Gasteiger partial charge in [0.1, 0.15) is 6.10 Å². The van der Waals surface area contributed by atoms with Crippen LogP contribution in [-0.2, 0) is 9.53 Å². The normalized spacial score (nSPS) is 48.4. The van der Waals surface area contributed by atoms with Gasteiger partial charge in [-0.25, -0.2) is 0 Å². The predicted molar refractivity (Wildman–Crippen MR) is 96.4 cm³/mol. The third kappa shape index (κ3) is 2.47.